The Labute approximate surface area is 179 Å². The third-order valence-corrected chi connectivity index (χ3v) is 6.24. The van der Waals surface area contributed by atoms with Gasteiger partial charge in [0.15, 0.2) is 5.41 Å². The zero-order valence-electron chi connectivity index (χ0n) is 16.8. The van der Waals surface area contributed by atoms with Gasteiger partial charge in [0.1, 0.15) is 0 Å². The molecule has 9 heteroatoms. The zero-order chi connectivity index (χ0) is 22.1. The number of rotatable bonds is 7. The summed E-state index contributed by atoms with van der Waals surface area (Å²) in [6.07, 6.45) is 3.10. The number of esters is 1. The van der Waals surface area contributed by atoms with Crippen LogP contribution in [0, 0.1) is 15.5 Å². The average Bonchev–Trinajstić information content (AvgIpc) is 2.72. The highest BCUT2D eigenvalue weighted by molar-refractivity contribution is 6.30. The fraction of sp³-hybridized carbons (Fsp3) is 0.429. The van der Waals surface area contributed by atoms with Gasteiger partial charge in [-0.3, -0.25) is 24.6 Å². The van der Waals surface area contributed by atoms with Crippen molar-refractivity contribution in [3.05, 3.63) is 70.3 Å². The Morgan fingerprint density at radius 1 is 1.27 bits per heavy atom. The van der Waals surface area contributed by atoms with Crippen LogP contribution < -0.4 is 0 Å². The number of methoxy groups -OCH3 is 1. The summed E-state index contributed by atoms with van der Waals surface area (Å²) in [7, 11) is 1.19. The first-order valence-corrected chi connectivity index (χ1v) is 9.86. The van der Waals surface area contributed by atoms with Gasteiger partial charge in [-0.25, -0.2) is 0 Å². The molecule has 0 unspecified atom stereocenters. The number of carbonyl (C=O) groups is 2. The van der Waals surface area contributed by atoms with E-state index in [-0.39, 0.29) is 31.1 Å². The van der Waals surface area contributed by atoms with Crippen LogP contribution in [0.4, 0.5) is 0 Å². The number of hydrogen-bond acceptors (Lipinski definition) is 6. The third kappa shape index (κ3) is 3.20. The molecular formula is C21H24ClN3O5. The molecule has 2 heterocycles. The molecule has 8 nitrogen and oxygen atoms in total. The lowest BCUT2D eigenvalue weighted by Gasteiger charge is -2.56. The Morgan fingerprint density at radius 2 is 1.90 bits per heavy atom. The Morgan fingerprint density at radius 3 is 2.43 bits per heavy atom. The number of amides is 1. The van der Waals surface area contributed by atoms with Gasteiger partial charge in [-0.1, -0.05) is 35.9 Å². The molecule has 0 radical (unpaired) electrons. The van der Waals surface area contributed by atoms with Crippen LogP contribution >= 0.6 is 11.6 Å². The summed E-state index contributed by atoms with van der Waals surface area (Å²) in [6, 6.07) is 6.49. The van der Waals surface area contributed by atoms with Crippen LogP contribution in [-0.2, 0) is 14.3 Å². The molecule has 1 aromatic rings. The molecular weight excluding hydrogens is 410 g/mol. The molecule has 2 aliphatic rings. The van der Waals surface area contributed by atoms with Gasteiger partial charge < -0.3 is 9.64 Å². The van der Waals surface area contributed by atoms with E-state index in [1.54, 1.807) is 35.2 Å². The van der Waals surface area contributed by atoms with E-state index in [1.165, 1.54) is 18.1 Å². The van der Waals surface area contributed by atoms with Crippen molar-refractivity contribution in [3.8, 4) is 0 Å². The highest BCUT2D eigenvalue weighted by Crippen LogP contribution is 2.54. The van der Waals surface area contributed by atoms with E-state index in [0.717, 1.165) is 0 Å². The van der Waals surface area contributed by atoms with Gasteiger partial charge in [0, 0.05) is 29.6 Å². The second-order valence-corrected chi connectivity index (χ2v) is 8.18. The maximum Gasteiger partial charge on any atom is 0.323 e. The number of hydrogen-bond donors (Lipinski definition) is 0. The van der Waals surface area contributed by atoms with E-state index >= 15 is 0 Å². The van der Waals surface area contributed by atoms with Crippen molar-refractivity contribution in [2.75, 3.05) is 39.8 Å². The predicted molar refractivity (Wildman–Crippen MR) is 112 cm³/mol. The minimum Gasteiger partial charge on any atom is -0.468 e. The maximum atomic E-state index is 13.7. The predicted octanol–water partition coefficient (Wildman–Crippen LogP) is 2.13. The Hall–Kier alpha value is -2.71. The van der Waals surface area contributed by atoms with Crippen LogP contribution in [0.2, 0.25) is 5.02 Å². The SMILES string of the molecule is C=CCN1C[C@]2(C(=O)OC)C(=O)N(CC=C)C[C@]([N+](=O)[O-])(C1)[C@H]2c1ccc(Cl)cc1. The lowest BCUT2D eigenvalue weighted by Crippen LogP contribution is -2.77. The van der Waals surface area contributed by atoms with Crippen LogP contribution in [0.5, 0.6) is 0 Å². The van der Waals surface area contributed by atoms with Crippen LogP contribution in [0.25, 0.3) is 0 Å². The summed E-state index contributed by atoms with van der Waals surface area (Å²) in [5.74, 6) is -2.30. The molecule has 0 spiro atoms. The molecule has 1 aromatic carbocycles. The maximum absolute atomic E-state index is 13.7. The van der Waals surface area contributed by atoms with Crippen molar-refractivity contribution in [3.63, 3.8) is 0 Å². The summed E-state index contributed by atoms with van der Waals surface area (Å²) in [5, 5.41) is 13.1. The van der Waals surface area contributed by atoms with Gasteiger partial charge in [0.2, 0.25) is 5.91 Å². The summed E-state index contributed by atoms with van der Waals surface area (Å²) >= 11 is 6.02. The molecule has 30 heavy (non-hydrogen) atoms. The first-order chi connectivity index (χ1) is 14.3. The summed E-state index contributed by atoms with van der Waals surface area (Å²) in [4.78, 5) is 42.2. The largest absolute Gasteiger partial charge is 0.468 e. The number of carbonyl (C=O) groups excluding carboxylic acids is 2. The lowest BCUT2D eigenvalue weighted by molar-refractivity contribution is -0.584. The second kappa shape index (κ2) is 8.20. The summed E-state index contributed by atoms with van der Waals surface area (Å²) in [6.45, 7) is 7.65. The topological polar surface area (TPSA) is 93.0 Å². The molecule has 2 fully saturated rings. The summed E-state index contributed by atoms with van der Waals surface area (Å²) < 4.78 is 5.08. The summed E-state index contributed by atoms with van der Waals surface area (Å²) in [5.41, 5.74) is -2.90. The van der Waals surface area contributed by atoms with Gasteiger partial charge in [0.05, 0.1) is 26.1 Å². The lowest BCUT2D eigenvalue weighted by atomic mass is 9.56. The second-order valence-electron chi connectivity index (χ2n) is 7.74. The smallest absolute Gasteiger partial charge is 0.323 e. The number of nitro groups is 1. The Kier molecular flexibility index (Phi) is 6.01. The number of halogens is 1. The fourth-order valence-electron chi connectivity index (χ4n) is 4.99. The minimum absolute atomic E-state index is 0.0128. The van der Waals surface area contributed by atoms with Crippen LogP contribution in [-0.4, -0.2) is 72.0 Å². The first kappa shape index (κ1) is 22.0. The van der Waals surface area contributed by atoms with Crippen LogP contribution in [0.3, 0.4) is 0 Å². The van der Waals surface area contributed by atoms with E-state index in [2.05, 4.69) is 13.2 Å². The van der Waals surface area contributed by atoms with Crippen LogP contribution in [0.15, 0.2) is 49.6 Å². The van der Waals surface area contributed by atoms with E-state index in [0.29, 0.717) is 17.1 Å². The Bertz CT molecular complexity index is 889. The monoisotopic (exact) mass is 433 g/mol. The molecule has 0 N–H and O–H groups in total. The molecule has 1 amide bonds. The van der Waals surface area contributed by atoms with E-state index in [4.69, 9.17) is 16.3 Å². The molecule has 2 bridgehead atoms. The highest BCUT2D eigenvalue weighted by atomic mass is 35.5. The van der Waals surface area contributed by atoms with Gasteiger partial charge in [0.25, 0.3) is 5.54 Å². The van der Waals surface area contributed by atoms with Crippen molar-refractivity contribution in [2.45, 2.75) is 11.5 Å². The zero-order valence-corrected chi connectivity index (χ0v) is 17.5. The van der Waals surface area contributed by atoms with Crippen molar-refractivity contribution in [1.29, 1.82) is 0 Å². The van der Waals surface area contributed by atoms with Gasteiger partial charge in [-0.2, -0.15) is 0 Å². The van der Waals surface area contributed by atoms with E-state index in [1.807, 2.05) is 0 Å². The molecule has 0 aliphatic carbocycles. The van der Waals surface area contributed by atoms with Gasteiger partial charge >= 0.3 is 5.97 Å². The molecule has 0 saturated carbocycles. The number of nitrogens with zero attached hydrogens (tertiary/aromatic N) is 3. The van der Waals surface area contributed by atoms with Gasteiger partial charge in [-0.05, 0) is 17.7 Å². The Balaban J connectivity index is 2.33. The van der Waals surface area contributed by atoms with Gasteiger partial charge in [-0.15, -0.1) is 13.2 Å². The number of ether oxygens (including phenoxy) is 1. The number of piperidine rings is 2. The third-order valence-electron chi connectivity index (χ3n) is 5.99. The average molecular weight is 434 g/mol. The van der Waals surface area contributed by atoms with Crippen molar-refractivity contribution in [1.82, 2.24) is 9.80 Å². The molecule has 160 valence electrons. The highest BCUT2D eigenvalue weighted by Gasteiger charge is 2.74. The number of benzene rings is 1. The quantitative estimate of drug-likeness (QED) is 0.215. The fourth-order valence-corrected chi connectivity index (χ4v) is 5.12. The molecule has 3 atom stereocenters. The molecule has 2 aliphatic heterocycles. The van der Waals surface area contributed by atoms with Crippen molar-refractivity contribution >= 4 is 23.5 Å². The molecule has 2 saturated heterocycles. The van der Waals surface area contributed by atoms with Crippen molar-refractivity contribution < 1.29 is 19.2 Å². The first-order valence-electron chi connectivity index (χ1n) is 9.48. The minimum atomic E-state index is -1.78. The number of likely N-dealkylation sites (tertiary alicyclic amines) is 2. The van der Waals surface area contributed by atoms with E-state index in [9.17, 15) is 19.7 Å². The van der Waals surface area contributed by atoms with Crippen LogP contribution in [0.1, 0.15) is 11.5 Å². The van der Waals surface area contributed by atoms with Crippen molar-refractivity contribution in [2.24, 2.45) is 5.41 Å². The van der Waals surface area contributed by atoms with E-state index < -0.39 is 28.7 Å². The molecule has 3 rings (SSSR count). The normalized spacial score (nSPS) is 28.7. The molecule has 0 aromatic heterocycles. The standard InChI is InChI=1S/C21H24ClN3O5/c1-4-10-23-12-20(25(28)29)13-24(11-5-2)18(26)21(14-23,19(27)30-3)17(20)15-6-8-16(22)9-7-15/h4-9,17H,1-2,10-14H2,3H3/t17-,20-,21-/m1/s1. The number of fused-ring (bicyclic) bond motifs is 2.